The third-order valence-corrected chi connectivity index (χ3v) is 5.40. The Morgan fingerprint density at radius 3 is 2.60 bits per heavy atom. The minimum absolute atomic E-state index is 0.141. The Balaban J connectivity index is 1.54. The van der Waals surface area contributed by atoms with Crippen molar-refractivity contribution in [3.8, 4) is 5.69 Å². The smallest absolute Gasteiger partial charge is 0.380 e. The van der Waals surface area contributed by atoms with E-state index in [0.717, 1.165) is 28.9 Å². The number of halogens is 5. The third-order valence-electron chi connectivity index (χ3n) is 5.40. The van der Waals surface area contributed by atoms with Gasteiger partial charge in [0.2, 0.25) is 0 Å². The lowest BCUT2D eigenvalue weighted by Gasteiger charge is -2.34. The fourth-order valence-electron chi connectivity index (χ4n) is 3.50. The van der Waals surface area contributed by atoms with Crippen LogP contribution in [-0.2, 0) is 29.7 Å². The van der Waals surface area contributed by atoms with Crippen molar-refractivity contribution < 1.29 is 31.8 Å². The van der Waals surface area contributed by atoms with Gasteiger partial charge in [-0.1, -0.05) is 17.3 Å². The van der Waals surface area contributed by atoms with E-state index in [1.807, 2.05) is 0 Å². The van der Waals surface area contributed by atoms with Crippen molar-refractivity contribution in [3.05, 3.63) is 89.8 Å². The Bertz CT molecular complexity index is 1290. The average molecular weight is 494 g/mol. The number of ether oxygens (including phenoxy) is 1. The highest BCUT2D eigenvalue weighted by molar-refractivity contribution is 5.36. The predicted octanol–water partition coefficient (Wildman–Crippen LogP) is 3.65. The zero-order valence-corrected chi connectivity index (χ0v) is 18.2. The van der Waals surface area contributed by atoms with Gasteiger partial charge in [0.25, 0.3) is 0 Å². The van der Waals surface area contributed by atoms with Crippen molar-refractivity contribution in [2.75, 3.05) is 0 Å². The highest BCUT2D eigenvalue weighted by Gasteiger charge is 2.40. The van der Waals surface area contributed by atoms with E-state index in [0.29, 0.717) is 6.07 Å². The molecular formula is C22H19F5N6O2. The molecule has 0 amide bonds. The molecule has 0 fully saturated rings. The lowest BCUT2D eigenvalue weighted by atomic mass is 9.88. The molecule has 8 nitrogen and oxygen atoms in total. The van der Waals surface area contributed by atoms with Crippen molar-refractivity contribution in [1.29, 1.82) is 0 Å². The van der Waals surface area contributed by atoms with Crippen LogP contribution in [0.15, 0.2) is 61.3 Å². The molecule has 0 radical (unpaired) electrons. The van der Waals surface area contributed by atoms with E-state index in [9.17, 15) is 27.1 Å². The van der Waals surface area contributed by atoms with Gasteiger partial charge in [0.05, 0.1) is 36.7 Å². The minimum Gasteiger partial charge on any atom is -0.380 e. The van der Waals surface area contributed by atoms with Crippen LogP contribution in [0.3, 0.4) is 0 Å². The molecule has 184 valence electrons. The van der Waals surface area contributed by atoms with E-state index >= 15 is 0 Å². The summed E-state index contributed by atoms with van der Waals surface area (Å²) in [6.45, 7) is 1.02. The SMILES string of the molecule is C[C@@H](OCc1cn(-c2cccc(C(F)(F)F)c2)nn1)[C@](O)(Cn1cncn1)c1ccc(F)cc1F. The summed E-state index contributed by atoms with van der Waals surface area (Å²) >= 11 is 0. The molecule has 1 N–H and O–H groups in total. The monoisotopic (exact) mass is 494 g/mol. The number of rotatable bonds is 8. The van der Waals surface area contributed by atoms with Crippen molar-refractivity contribution in [3.63, 3.8) is 0 Å². The van der Waals surface area contributed by atoms with Crippen LogP contribution in [0.2, 0.25) is 0 Å². The summed E-state index contributed by atoms with van der Waals surface area (Å²) < 4.78 is 75.2. The maximum atomic E-state index is 14.6. The molecule has 13 heteroatoms. The van der Waals surface area contributed by atoms with Crippen LogP contribution < -0.4 is 0 Å². The summed E-state index contributed by atoms with van der Waals surface area (Å²) in [7, 11) is 0. The van der Waals surface area contributed by atoms with Gasteiger partial charge in [-0.3, -0.25) is 0 Å². The summed E-state index contributed by atoms with van der Waals surface area (Å²) in [6.07, 6.45) is -1.65. The molecular weight excluding hydrogens is 475 g/mol. The van der Waals surface area contributed by atoms with E-state index in [2.05, 4.69) is 20.4 Å². The van der Waals surface area contributed by atoms with Crippen LogP contribution in [0.25, 0.3) is 5.69 Å². The van der Waals surface area contributed by atoms with E-state index < -0.39 is 35.1 Å². The summed E-state index contributed by atoms with van der Waals surface area (Å²) in [5.41, 5.74) is -2.65. The number of benzene rings is 2. The van der Waals surface area contributed by atoms with Gasteiger partial charge in [0.1, 0.15) is 35.6 Å². The van der Waals surface area contributed by atoms with Crippen molar-refractivity contribution >= 4 is 0 Å². The zero-order chi connectivity index (χ0) is 25.2. The first kappa shape index (κ1) is 24.4. The van der Waals surface area contributed by atoms with E-state index in [-0.39, 0.29) is 30.1 Å². The number of hydrogen-bond donors (Lipinski definition) is 1. The fourth-order valence-corrected chi connectivity index (χ4v) is 3.50. The van der Waals surface area contributed by atoms with Gasteiger partial charge in [-0.05, 0) is 31.2 Å². The number of aliphatic hydroxyl groups is 1. The Hall–Kier alpha value is -3.71. The van der Waals surface area contributed by atoms with Crippen molar-refractivity contribution in [1.82, 2.24) is 29.8 Å². The Kier molecular flexibility index (Phi) is 6.63. The molecule has 0 saturated carbocycles. The minimum atomic E-state index is -4.51. The number of alkyl halides is 3. The quantitative estimate of drug-likeness (QED) is 0.376. The Morgan fingerprint density at radius 2 is 1.91 bits per heavy atom. The van der Waals surface area contributed by atoms with Gasteiger partial charge in [-0.25, -0.2) is 23.1 Å². The van der Waals surface area contributed by atoms with E-state index in [4.69, 9.17) is 4.74 Å². The predicted molar refractivity (Wildman–Crippen MR) is 111 cm³/mol. The van der Waals surface area contributed by atoms with Crippen LogP contribution in [0.4, 0.5) is 22.0 Å². The number of nitrogens with zero attached hydrogens (tertiary/aromatic N) is 6. The number of aromatic nitrogens is 6. The van der Waals surface area contributed by atoms with Gasteiger partial charge >= 0.3 is 6.18 Å². The second kappa shape index (κ2) is 9.50. The molecule has 2 aromatic carbocycles. The number of hydrogen-bond acceptors (Lipinski definition) is 6. The lowest BCUT2D eigenvalue weighted by molar-refractivity contribution is -0.137. The maximum absolute atomic E-state index is 14.6. The first-order valence-corrected chi connectivity index (χ1v) is 10.3. The summed E-state index contributed by atoms with van der Waals surface area (Å²) in [6, 6.07) is 7.33. The van der Waals surface area contributed by atoms with Crippen LogP contribution in [0.5, 0.6) is 0 Å². The van der Waals surface area contributed by atoms with Gasteiger partial charge in [0.15, 0.2) is 0 Å². The second-order valence-corrected chi connectivity index (χ2v) is 7.80. The fraction of sp³-hybridized carbons (Fsp3) is 0.273. The van der Waals surface area contributed by atoms with Crippen LogP contribution in [0.1, 0.15) is 23.7 Å². The Labute approximate surface area is 195 Å². The zero-order valence-electron chi connectivity index (χ0n) is 18.2. The molecule has 0 aliphatic heterocycles. The standard InChI is InChI=1S/C22H19F5N6O2/c1-14(21(34,11-32-13-28-12-29-32)19-6-5-16(23)8-20(19)24)35-10-17-9-33(31-30-17)18-4-2-3-15(7-18)22(25,26)27/h2-9,12-14,34H,10-11H2,1H3/t14-,21-/m1/s1. The molecule has 2 aromatic heterocycles. The largest absolute Gasteiger partial charge is 0.416 e. The maximum Gasteiger partial charge on any atom is 0.416 e. The Morgan fingerprint density at radius 1 is 1.11 bits per heavy atom. The molecule has 0 aliphatic carbocycles. The molecule has 0 bridgehead atoms. The lowest BCUT2D eigenvalue weighted by Crippen LogP contribution is -2.44. The average Bonchev–Trinajstić information content (AvgIpc) is 3.49. The first-order valence-electron chi connectivity index (χ1n) is 10.3. The van der Waals surface area contributed by atoms with Crippen LogP contribution in [0, 0.1) is 11.6 Å². The highest BCUT2D eigenvalue weighted by atomic mass is 19.4. The van der Waals surface area contributed by atoms with Crippen molar-refractivity contribution in [2.45, 2.75) is 38.0 Å². The van der Waals surface area contributed by atoms with Gasteiger partial charge < -0.3 is 9.84 Å². The molecule has 4 rings (SSSR count). The molecule has 0 spiro atoms. The van der Waals surface area contributed by atoms with Gasteiger partial charge in [0, 0.05) is 11.6 Å². The first-order chi connectivity index (χ1) is 16.6. The van der Waals surface area contributed by atoms with Crippen molar-refractivity contribution in [2.24, 2.45) is 0 Å². The van der Waals surface area contributed by atoms with E-state index in [1.54, 1.807) is 0 Å². The normalized spacial score (nSPS) is 14.6. The molecule has 2 heterocycles. The topological polar surface area (TPSA) is 90.9 Å². The van der Waals surface area contributed by atoms with Gasteiger partial charge in [-0.2, -0.15) is 18.3 Å². The summed E-state index contributed by atoms with van der Waals surface area (Å²) in [5, 5.41) is 23.1. The van der Waals surface area contributed by atoms with Gasteiger partial charge in [-0.15, -0.1) is 5.10 Å². The molecule has 0 aliphatic rings. The molecule has 35 heavy (non-hydrogen) atoms. The molecule has 2 atom stereocenters. The second-order valence-electron chi connectivity index (χ2n) is 7.80. The molecule has 0 unspecified atom stereocenters. The molecule has 0 saturated heterocycles. The molecule has 4 aromatic rings. The summed E-state index contributed by atoms with van der Waals surface area (Å²) in [4.78, 5) is 3.80. The summed E-state index contributed by atoms with van der Waals surface area (Å²) in [5.74, 6) is -1.78. The third kappa shape index (κ3) is 5.35. The van der Waals surface area contributed by atoms with Crippen LogP contribution in [-0.4, -0.2) is 41.0 Å². The highest BCUT2D eigenvalue weighted by Crippen LogP contribution is 2.32. The van der Waals surface area contributed by atoms with Crippen LogP contribution >= 0.6 is 0 Å². The van der Waals surface area contributed by atoms with E-state index in [1.165, 1.54) is 42.6 Å².